The van der Waals surface area contributed by atoms with Crippen molar-refractivity contribution >= 4 is 15.7 Å². The highest BCUT2D eigenvalue weighted by Gasteiger charge is 2.32. The molecule has 0 saturated heterocycles. The summed E-state index contributed by atoms with van der Waals surface area (Å²) in [6.45, 7) is 7.92. The van der Waals surface area contributed by atoms with Crippen LogP contribution in [-0.4, -0.2) is 43.2 Å². The summed E-state index contributed by atoms with van der Waals surface area (Å²) in [5, 5.41) is 12.9. The second-order valence-electron chi connectivity index (χ2n) is 10.6. The molecule has 2 aliphatic rings. The molecule has 2 aromatic carbocycles. The molecule has 196 valence electrons. The van der Waals surface area contributed by atoms with Crippen molar-refractivity contribution in [2.75, 3.05) is 18.9 Å². The molecule has 1 heterocycles. The molecule has 2 aromatic rings. The predicted octanol–water partition coefficient (Wildman–Crippen LogP) is 5.04. The van der Waals surface area contributed by atoms with Crippen molar-refractivity contribution in [2.45, 2.75) is 76.4 Å². The molecule has 2 N–H and O–H groups in total. The Morgan fingerprint density at radius 2 is 1.78 bits per heavy atom. The Balaban J connectivity index is 1.44. The van der Waals surface area contributed by atoms with E-state index in [0.717, 1.165) is 31.3 Å². The van der Waals surface area contributed by atoms with Gasteiger partial charge < -0.3 is 10.4 Å². The Hall–Kier alpha value is -2.22. The van der Waals surface area contributed by atoms with E-state index in [9.17, 15) is 18.3 Å². The number of hydrogen-bond acceptors (Lipinski definition) is 5. The highest BCUT2D eigenvalue weighted by Crippen LogP contribution is 2.39. The van der Waals surface area contributed by atoms with Crippen LogP contribution in [0.2, 0.25) is 0 Å². The molecule has 0 unspecified atom stereocenters. The van der Waals surface area contributed by atoms with E-state index in [0.29, 0.717) is 17.2 Å². The van der Waals surface area contributed by atoms with Gasteiger partial charge in [-0.1, -0.05) is 51.8 Å². The van der Waals surface area contributed by atoms with Gasteiger partial charge >= 0.3 is 0 Å². The van der Waals surface area contributed by atoms with Gasteiger partial charge in [0.2, 0.25) is 0 Å². The first-order chi connectivity index (χ1) is 17.2. The van der Waals surface area contributed by atoms with E-state index >= 15 is 0 Å². The standard InChI is InChI=1S/C29H40N2O4S/c1-4-28-26-15-12-23(16-24(26)18-31(28)17-21-8-6-20(3)7-9-21)29(33)30-27(19-32)22-10-13-25(14-11-22)36(34,35)5-2/h10-16,20-21,27-28,32H,4-9,17-19H2,1-3H3,(H,30,33)/t20-,21-,27-,28+/m0/s1. The molecule has 1 amide bonds. The van der Waals surface area contributed by atoms with Crippen LogP contribution in [0.5, 0.6) is 0 Å². The van der Waals surface area contributed by atoms with Gasteiger partial charge in [0.15, 0.2) is 9.84 Å². The SMILES string of the molecule is CC[C@@H]1c2ccc(C(=O)N[C@@H](CO)c3ccc(S(=O)(=O)CC)cc3)cc2CN1C[C@H]1CC[C@H](C)CC1. The monoisotopic (exact) mass is 512 g/mol. The van der Waals surface area contributed by atoms with E-state index in [2.05, 4.69) is 30.1 Å². The van der Waals surface area contributed by atoms with Crippen LogP contribution in [0.1, 0.15) is 92.0 Å². The number of rotatable bonds is 9. The quantitative estimate of drug-likeness (QED) is 0.492. The minimum absolute atomic E-state index is 0.0288. The third-order valence-corrected chi connectivity index (χ3v) is 9.85. The molecule has 1 aliphatic carbocycles. The lowest BCUT2D eigenvalue weighted by Gasteiger charge is -2.32. The van der Waals surface area contributed by atoms with Crippen LogP contribution >= 0.6 is 0 Å². The summed E-state index contributed by atoms with van der Waals surface area (Å²) < 4.78 is 24.2. The molecular weight excluding hydrogens is 472 g/mol. The number of carbonyl (C=O) groups is 1. The summed E-state index contributed by atoms with van der Waals surface area (Å²) in [4.78, 5) is 15.9. The van der Waals surface area contributed by atoms with E-state index in [4.69, 9.17) is 0 Å². The number of nitrogens with one attached hydrogen (secondary N) is 1. The van der Waals surface area contributed by atoms with Crippen molar-refractivity contribution in [1.82, 2.24) is 10.2 Å². The van der Waals surface area contributed by atoms with Gasteiger partial charge in [0.25, 0.3) is 5.91 Å². The Labute approximate surface area is 216 Å². The van der Waals surface area contributed by atoms with Crippen molar-refractivity contribution in [2.24, 2.45) is 11.8 Å². The molecule has 2 atom stereocenters. The molecule has 0 radical (unpaired) electrons. The number of nitrogens with zero attached hydrogens (tertiary/aromatic N) is 1. The fourth-order valence-electron chi connectivity index (χ4n) is 5.80. The van der Waals surface area contributed by atoms with Gasteiger partial charge in [-0.2, -0.15) is 0 Å². The molecule has 6 nitrogen and oxygen atoms in total. The van der Waals surface area contributed by atoms with Gasteiger partial charge in [-0.3, -0.25) is 9.69 Å². The first-order valence-corrected chi connectivity index (χ1v) is 15.0. The zero-order valence-electron chi connectivity index (χ0n) is 21.7. The molecule has 0 bridgehead atoms. The van der Waals surface area contributed by atoms with Crippen LogP contribution in [0.15, 0.2) is 47.4 Å². The van der Waals surface area contributed by atoms with E-state index in [1.165, 1.54) is 48.9 Å². The minimum Gasteiger partial charge on any atom is -0.394 e. The fourth-order valence-corrected chi connectivity index (χ4v) is 6.68. The largest absolute Gasteiger partial charge is 0.394 e. The summed E-state index contributed by atoms with van der Waals surface area (Å²) in [6.07, 6.45) is 6.33. The molecule has 4 rings (SSSR count). The van der Waals surface area contributed by atoms with Gasteiger partial charge in [-0.15, -0.1) is 0 Å². The number of sulfone groups is 1. The highest BCUT2D eigenvalue weighted by molar-refractivity contribution is 7.91. The lowest BCUT2D eigenvalue weighted by Crippen LogP contribution is -2.31. The first-order valence-electron chi connectivity index (χ1n) is 13.4. The summed E-state index contributed by atoms with van der Waals surface area (Å²) in [5.41, 5.74) is 3.79. The van der Waals surface area contributed by atoms with E-state index in [-0.39, 0.29) is 23.2 Å². The zero-order valence-corrected chi connectivity index (χ0v) is 22.6. The fraction of sp³-hybridized carbons (Fsp3) is 0.552. The van der Waals surface area contributed by atoms with Gasteiger partial charge in [0.1, 0.15) is 0 Å². The van der Waals surface area contributed by atoms with Crippen molar-refractivity contribution in [3.8, 4) is 0 Å². The van der Waals surface area contributed by atoms with E-state index in [1.807, 2.05) is 12.1 Å². The minimum atomic E-state index is -3.30. The normalized spacial score (nSPS) is 23.3. The summed E-state index contributed by atoms with van der Waals surface area (Å²) in [5.74, 6) is 1.40. The number of benzene rings is 2. The molecule has 1 aliphatic heterocycles. The molecule has 1 fully saturated rings. The molecule has 1 saturated carbocycles. The number of aliphatic hydroxyl groups is 1. The maximum Gasteiger partial charge on any atom is 0.251 e. The Morgan fingerprint density at radius 3 is 2.39 bits per heavy atom. The average Bonchev–Trinajstić information content (AvgIpc) is 3.24. The van der Waals surface area contributed by atoms with Gasteiger partial charge in [-0.25, -0.2) is 8.42 Å². The van der Waals surface area contributed by atoms with Crippen molar-refractivity contribution < 1.29 is 18.3 Å². The maximum atomic E-state index is 13.1. The molecule has 7 heteroatoms. The Morgan fingerprint density at radius 1 is 1.08 bits per heavy atom. The highest BCUT2D eigenvalue weighted by atomic mass is 32.2. The van der Waals surface area contributed by atoms with Crippen LogP contribution in [-0.2, 0) is 16.4 Å². The van der Waals surface area contributed by atoms with Gasteiger partial charge in [0, 0.05) is 24.7 Å². The predicted molar refractivity (Wildman–Crippen MR) is 142 cm³/mol. The van der Waals surface area contributed by atoms with Crippen molar-refractivity contribution in [3.63, 3.8) is 0 Å². The lowest BCUT2D eigenvalue weighted by atomic mass is 9.82. The summed E-state index contributed by atoms with van der Waals surface area (Å²) in [6, 6.07) is 12.1. The van der Waals surface area contributed by atoms with E-state index < -0.39 is 15.9 Å². The second kappa shape index (κ2) is 11.4. The Bertz CT molecular complexity index is 1150. The topological polar surface area (TPSA) is 86.7 Å². The lowest BCUT2D eigenvalue weighted by molar-refractivity contribution is 0.0916. The number of fused-ring (bicyclic) bond motifs is 1. The third kappa shape index (κ3) is 5.84. The number of amides is 1. The summed E-state index contributed by atoms with van der Waals surface area (Å²) in [7, 11) is -3.30. The van der Waals surface area contributed by atoms with Crippen LogP contribution < -0.4 is 5.32 Å². The van der Waals surface area contributed by atoms with Gasteiger partial charge in [0.05, 0.1) is 23.3 Å². The zero-order chi connectivity index (χ0) is 25.9. The first kappa shape index (κ1) is 26.8. The number of carbonyl (C=O) groups excluding carboxylic acids is 1. The number of hydrogen-bond donors (Lipinski definition) is 2. The summed E-state index contributed by atoms with van der Waals surface area (Å²) >= 11 is 0. The van der Waals surface area contributed by atoms with Crippen LogP contribution in [0.25, 0.3) is 0 Å². The molecular formula is C29H40N2O4S. The smallest absolute Gasteiger partial charge is 0.251 e. The molecule has 0 aromatic heterocycles. The third-order valence-electron chi connectivity index (χ3n) is 8.10. The van der Waals surface area contributed by atoms with Crippen molar-refractivity contribution in [1.29, 1.82) is 0 Å². The van der Waals surface area contributed by atoms with Crippen molar-refractivity contribution in [3.05, 3.63) is 64.7 Å². The molecule has 36 heavy (non-hydrogen) atoms. The Kier molecular flexibility index (Phi) is 8.53. The van der Waals surface area contributed by atoms with Crippen LogP contribution in [0, 0.1) is 11.8 Å². The molecule has 0 spiro atoms. The second-order valence-corrected chi connectivity index (χ2v) is 12.9. The van der Waals surface area contributed by atoms with Gasteiger partial charge in [-0.05, 0) is 72.1 Å². The van der Waals surface area contributed by atoms with Crippen LogP contribution in [0.3, 0.4) is 0 Å². The number of aliphatic hydroxyl groups excluding tert-OH is 1. The van der Waals surface area contributed by atoms with Crippen LogP contribution in [0.4, 0.5) is 0 Å². The maximum absolute atomic E-state index is 13.1. The van der Waals surface area contributed by atoms with E-state index in [1.54, 1.807) is 19.1 Å². The average molecular weight is 513 g/mol.